The van der Waals surface area contributed by atoms with Crippen molar-refractivity contribution in [3.05, 3.63) is 24.3 Å². The number of rotatable bonds is 5. The first-order valence-corrected chi connectivity index (χ1v) is 9.71. The normalized spacial score (nSPS) is 18.2. The molecule has 1 aliphatic carbocycles. The van der Waals surface area contributed by atoms with Crippen LogP contribution in [0.25, 0.3) is 11.4 Å². The molecular formula is C19H26N6O. The first-order valence-electron chi connectivity index (χ1n) is 9.71. The van der Waals surface area contributed by atoms with Gasteiger partial charge < -0.3 is 10.2 Å². The van der Waals surface area contributed by atoms with E-state index in [1.165, 1.54) is 19.3 Å². The molecule has 1 aliphatic heterocycles. The van der Waals surface area contributed by atoms with Crippen LogP contribution in [0, 0.1) is 0 Å². The predicted molar refractivity (Wildman–Crippen MR) is 99.7 cm³/mol. The van der Waals surface area contributed by atoms with E-state index in [-0.39, 0.29) is 5.91 Å². The van der Waals surface area contributed by atoms with E-state index in [0.717, 1.165) is 55.8 Å². The Labute approximate surface area is 153 Å². The molecule has 2 fully saturated rings. The van der Waals surface area contributed by atoms with Crippen molar-refractivity contribution in [2.75, 3.05) is 25.0 Å². The fourth-order valence-electron chi connectivity index (χ4n) is 3.47. The number of hydrogen-bond donors (Lipinski definition) is 1. The molecule has 0 radical (unpaired) electrons. The van der Waals surface area contributed by atoms with E-state index in [0.29, 0.717) is 12.6 Å². The number of nitrogens with zero attached hydrogens (tertiary/aromatic N) is 5. The maximum absolute atomic E-state index is 12.5. The third-order valence-electron chi connectivity index (χ3n) is 5.18. The quantitative estimate of drug-likeness (QED) is 0.893. The summed E-state index contributed by atoms with van der Waals surface area (Å²) in [5.74, 6) is 1.00. The highest BCUT2D eigenvalue weighted by Gasteiger charge is 2.28. The van der Waals surface area contributed by atoms with Gasteiger partial charge in [-0.1, -0.05) is 19.3 Å². The second-order valence-corrected chi connectivity index (χ2v) is 7.26. The minimum absolute atomic E-state index is 0.189. The standard InChI is InChI=1S/C19H26N6O/c26-18(24-12-4-2-1-3-5-13-24)14-20-16-8-6-15(7-9-16)19-21-22-23-25(19)17-10-11-17/h6-9,17,20H,1-5,10-14H2. The lowest BCUT2D eigenvalue weighted by Crippen LogP contribution is -2.37. The Morgan fingerprint density at radius 1 is 1.04 bits per heavy atom. The smallest absolute Gasteiger partial charge is 0.241 e. The van der Waals surface area contributed by atoms with Crippen LogP contribution in [0.2, 0.25) is 0 Å². The molecule has 2 heterocycles. The van der Waals surface area contributed by atoms with Crippen molar-refractivity contribution in [2.24, 2.45) is 0 Å². The average Bonchev–Trinajstić information content (AvgIpc) is 3.37. The number of benzene rings is 1. The van der Waals surface area contributed by atoms with Crippen molar-refractivity contribution in [1.82, 2.24) is 25.1 Å². The summed E-state index contributed by atoms with van der Waals surface area (Å²) < 4.78 is 1.91. The van der Waals surface area contributed by atoms with Crippen LogP contribution >= 0.6 is 0 Å². The minimum atomic E-state index is 0.189. The van der Waals surface area contributed by atoms with Crippen LogP contribution in [-0.4, -0.2) is 50.6 Å². The molecule has 1 N–H and O–H groups in total. The molecule has 0 unspecified atom stereocenters. The van der Waals surface area contributed by atoms with E-state index < -0.39 is 0 Å². The first-order chi connectivity index (χ1) is 12.8. The number of anilines is 1. The molecule has 2 aromatic rings. The molecule has 0 spiro atoms. The van der Waals surface area contributed by atoms with Gasteiger partial charge in [0, 0.05) is 24.3 Å². The molecule has 7 heteroatoms. The Bertz CT molecular complexity index is 729. The van der Waals surface area contributed by atoms with E-state index in [2.05, 4.69) is 20.8 Å². The lowest BCUT2D eigenvalue weighted by molar-refractivity contribution is -0.129. The second-order valence-electron chi connectivity index (χ2n) is 7.26. The molecule has 1 amide bonds. The zero-order valence-electron chi connectivity index (χ0n) is 15.1. The van der Waals surface area contributed by atoms with Gasteiger partial charge in [-0.3, -0.25) is 4.79 Å². The van der Waals surface area contributed by atoms with E-state index in [1.807, 2.05) is 33.8 Å². The molecule has 26 heavy (non-hydrogen) atoms. The summed E-state index contributed by atoms with van der Waals surface area (Å²) in [6.07, 6.45) is 8.31. The van der Waals surface area contributed by atoms with E-state index in [4.69, 9.17) is 0 Å². The van der Waals surface area contributed by atoms with E-state index in [1.54, 1.807) is 0 Å². The summed E-state index contributed by atoms with van der Waals surface area (Å²) in [5.41, 5.74) is 1.95. The Morgan fingerprint density at radius 2 is 1.73 bits per heavy atom. The number of amides is 1. The van der Waals surface area contributed by atoms with Crippen LogP contribution in [0.4, 0.5) is 5.69 Å². The predicted octanol–water partition coefficient (Wildman–Crippen LogP) is 2.88. The van der Waals surface area contributed by atoms with Crippen molar-refractivity contribution in [2.45, 2.75) is 51.0 Å². The van der Waals surface area contributed by atoms with E-state index in [9.17, 15) is 4.79 Å². The average molecular weight is 354 g/mol. The number of aromatic nitrogens is 4. The van der Waals surface area contributed by atoms with Gasteiger partial charge in [-0.2, -0.15) is 0 Å². The van der Waals surface area contributed by atoms with Crippen LogP contribution in [0.5, 0.6) is 0 Å². The Kier molecular flexibility index (Phi) is 5.13. The molecule has 4 rings (SSSR count). The van der Waals surface area contributed by atoms with Crippen molar-refractivity contribution in [3.63, 3.8) is 0 Å². The van der Waals surface area contributed by atoms with Gasteiger partial charge >= 0.3 is 0 Å². The van der Waals surface area contributed by atoms with Crippen molar-refractivity contribution in [3.8, 4) is 11.4 Å². The summed E-state index contributed by atoms with van der Waals surface area (Å²) in [6, 6.07) is 8.44. The fraction of sp³-hybridized carbons (Fsp3) is 0.579. The highest BCUT2D eigenvalue weighted by molar-refractivity contribution is 5.81. The van der Waals surface area contributed by atoms with Crippen molar-refractivity contribution in [1.29, 1.82) is 0 Å². The molecule has 138 valence electrons. The van der Waals surface area contributed by atoms with Gasteiger partial charge in [0.15, 0.2) is 5.82 Å². The van der Waals surface area contributed by atoms with Crippen LogP contribution < -0.4 is 5.32 Å². The van der Waals surface area contributed by atoms with Gasteiger partial charge in [0.05, 0.1) is 12.6 Å². The van der Waals surface area contributed by atoms with Crippen molar-refractivity contribution >= 4 is 11.6 Å². The van der Waals surface area contributed by atoms with Crippen molar-refractivity contribution < 1.29 is 4.79 Å². The van der Waals surface area contributed by atoms with E-state index >= 15 is 0 Å². The molecule has 1 saturated heterocycles. The molecular weight excluding hydrogens is 328 g/mol. The monoisotopic (exact) mass is 354 g/mol. The molecule has 2 aliphatic rings. The van der Waals surface area contributed by atoms with Crippen LogP contribution in [0.3, 0.4) is 0 Å². The van der Waals surface area contributed by atoms with Gasteiger partial charge in [0.25, 0.3) is 0 Å². The van der Waals surface area contributed by atoms with Gasteiger partial charge in [-0.15, -0.1) is 5.10 Å². The second kappa shape index (κ2) is 7.85. The molecule has 1 aromatic heterocycles. The molecule has 1 saturated carbocycles. The van der Waals surface area contributed by atoms with Gasteiger partial charge in [-0.05, 0) is 60.4 Å². The summed E-state index contributed by atoms with van der Waals surface area (Å²) >= 11 is 0. The summed E-state index contributed by atoms with van der Waals surface area (Å²) in [6.45, 7) is 2.13. The highest BCUT2D eigenvalue weighted by atomic mass is 16.2. The minimum Gasteiger partial charge on any atom is -0.376 e. The Morgan fingerprint density at radius 3 is 2.42 bits per heavy atom. The maximum atomic E-state index is 12.5. The first kappa shape index (κ1) is 17.0. The SMILES string of the molecule is O=C(CNc1ccc(-c2nnnn2C2CC2)cc1)N1CCCCCCC1. The zero-order chi connectivity index (χ0) is 17.8. The van der Waals surface area contributed by atoms with Crippen LogP contribution in [0.1, 0.15) is 51.0 Å². The third-order valence-corrected chi connectivity index (χ3v) is 5.18. The fourth-order valence-corrected chi connectivity index (χ4v) is 3.47. The summed E-state index contributed by atoms with van der Waals surface area (Å²) in [7, 11) is 0. The Balaban J connectivity index is 1.34. The largest absolute Gasteiger partial charge is 0.376 e. The number of nitrogens with one attached hydrogen (secondary N) is 1. The number of carbonyl (C=O) groups is 1. The number of likely N-dealkylation sites (tertiary alicyclic amines) is 1. The maximum Gasteiger partial charge on any atom is 0.241 e. The zero-order valence-corrected chi connectivity index (χ0v) is 15.1. The Hall–Kier alpha value is -2.44. The van der Waals surface area contributed by atoms with Crippen LogP contribution in [0.15, 0.2) is 24.3 Å². The van der Waals surface area contributed by atoms with Gasteiger partial charge in [0.2, 0.25) is 5.91 Å². The summed E-state index contributed by atoms with van der Waals surface area (Å²) in [4.78, 5) is 14.5. The number of hydrogen-bond acceptors (Lipinski definition) is 5. The summed E-state index contributed by atoms with van der Waals surface area (Å²) in [5, 5.41) is 15.3. The third kappa shape index (κ3) is 4.03. The number of tetrazole rings is 1. The lowest BCUT2D eigenvalue weighted by atomic mass is 10.1. The molecule has 1 aromatic carbocycles. The number of carbonyl (C=O) groups excluding carboxylic acids is 1. The molecule has 0 bridgehead atoms. The molecule has 7 nitrogen and oxygen atoms in total. The topological polar surface area (TPSA) is 75.9 Å². The van der Waals surface area contributed by atoms with Gasteiger partial charge in [0.1, 0.15) is 0 Å². The van der Waals surface area contributed by atoms with Crippen LogP contribution in [-0.2, 0) is 4.79 Å². The highest BCUT2D eigenvalue weighted by Crippen LogP contribution is 2.36. The van der Waals surface area contributed by atoms with Gasteiger partial charge in [-0.25, -0.2) is 4.68 Å². The lowest BCUT2D eigenvalue weighted by Gasteiger charge is -2.25. The molecule has 0 atom stereocenters.